The maximum Gasteiger partial charge on any atom is 0.112 e. The molecule has 0 saturated carbocycles. The minimum absolute atomic E-state index is 0.498. The molecule has 0 bridgehead atoms. The molecule has 0 radical (unpaired) electrons. The highest BCUT2D eigenvalue weighted by molar-refractivity contribution is 7.09. The summed E-state index contributed by atoms with van der Waals surface area (Å²) in [4.78, 5) is 4.41. The molecule has 80 valence electrons. The topological polar surface area (TPSA) is 56.7 Å². The van der Waals surface area contributed by atoms with E-state index >= 15 is 0 Å². The Kier molecular flexibility index (Phi) is 2.83. The van der Waals surface area contributed by atoms with E-state index in [0.29, 0.717) is 6.54 Å². The molecule has 2 aromatic heterocycles. The molecule has 2 N–H and O–H groups in total. The summed E-state index contributed by atoms with van der Waals surface area (Å²) < 4.78 is 1.97. The molecule has 0 aliphatic rings. The third-order valence-electron chi connectivity index (χ3n) is 2.27. The first-order valence-corrected chi connectivity index (χ1v) is 5.82. The number of nitrogens with zero attached hydrogens (tertiary/aromatic N) is 3. The second-order valence-corrected chi connectivity index (χ2v) is 4.26. The van der Waals surface area contributed by atoms with E-state index in [0.717, 1.165) is 28.6 Å². The number of aromatic nitrogens is 3. The van der Waals surface area contributed by atoms with Crippen molar-refractivity contribution in [1.82, 2.24) is 14.8 Å². The zero-order chi connectivity index (χ0) is 10.8. The maximum atomic E-state index is 5.52. The summed E-state index contributed by atoms with van der Waals surface area (Å²) in [6.45, 7) is 5.52. The average Bonchev–Trinajstić information content (AvgIpc) is 2.83. The smallest absolute Gasteiger partial charge is 0.112 e. The van der Waals surface area contributed by atoms with Gasteiger partial charge in [0, 0.05) is 24.2 Å². The highest BCUT2D eigenvalue weighted by atomic mass is 32.1. The number of aryl methyl sites for hydroxylation is 2. The van der Waals surface area contributed by atoms with Crippen molar-refractivity contribution in [2.45, 2.75) is 26.9 Å². The van der Waals surface area contributed by atoms with E-state index in [1.54, 1.807) is 11.3 Å². The molecule has 0 aliphatic heterocycles. The van der Waals surface area contributed by atoms with Gasteiger partial charge in [-0.05, 0) is 19.9 Å². The minimum atomic E-state index is 0.498. The molecule has 0 atom stereocenters. The number of hydrogen-bond acceptors (Lipinski definition) is 4. The Morgan fingerprint density at radius 3 is 2.80 bits per heavy atom. The molecule has 0 unspecified atom stereocenters. The summed E-state index contributed by atoms with van der Waals surface area (Å²) in [7, 11) is 0. The molecular formula is C10H14N4S. The van der Waals surface area contributed by atoms with Gasteiger partial charge in [-0.1, -0.05) is 0 Å². The Morgan fingerprint density at radius 1 is 1.47 bits per heavy atom. The molecule has 0 aromatic carbocycles. The monoisotopic (exact) mass is 222 g/mol. The third-order valence-corrected chi connectivity index (χ3v) is 3.14. The summed E-state index contributed by atoms with van der Waals surface area (Å²) in [6, 6.07) is 2.05. The van der Waals surface area contributed by atoms with Crippen molar-refractivity contribution >= 4 is 11.3 Å². The van der Waals surface area contributed by atoms with Gasteiger partial charge in [0.05, 0.1) is 0 Å². The molecule has 2 rings (SSSR count). The van der Waals surface area contributed by atoms with Crippen molar-refractivity contribution in [3.63, 3.8) is 0 Å². The summed E-state index contributed by atoms with van der Waals surface area (Å²) in [5, 5.41) is 7.42. The van der Waals surface area contributed by atoms with Crippen LogP contribution in [-0.4, -0.2) is 14.8 Å². The van der Waals surface area contributed by atoms with Crippen LogP contribution in [0.5, 0.6) is 0 Å². The van der Waals surface area contributed by atoms with Crippen LogP contribution in [0.4, 0.5) is 0 Å². The molecule has 2 aromatic rings. The van der Waals surface area contributed by atoms with Crippen molar-refractivity contribution in [1.29, 1.82) is 0 Å². The van der Waals surface area contributed by atoms with Crippen LogP contribution in [-0.2, 0) is 13.1 Å². The molecular weight excluding hydrogens is 208 g/mol. The molecule has 2 heterocycles. The van der Waals surface area contributed by atoms with Gasteiger partial charge in [0.15, 0.2) is 0 Å². The van der Waals surface area contributed by atoms with Gasteiger partial charge in [-0.15, -0.1) is 11.3 Å². The van der Waals surface area contributed by atoms with E-state index in [4.69, 9.17) is 5.73 Å². The van der Waals surface area contributed by atoms with Gasteiger partial charge < -0.3 is 5.73 Å². The lowest BCUT2D eigenvalue weighted by atomic mass is 10.3. The fourth-order valence-corrected chi connectivity index (χ4v) is 2.15. The van der Waals surface area contributed by atoms with E-state index < -0.39 is 0 Å². The van der Waals surface area contributed by atoms with E-state index in [-0.39, 0.29) is 0 Å². The lowest BCUT2D eigenvalue weighted by Gasteiger charge is -1.95. The van der Waals surface area contributed by atoms with Crippen molar-refractivity contribution < 1.29 is 0 Å². The number of rotatable bonds is 3. The zero-order valence-corrected chi connectivity index (χ0v) is 9.71. The first-order valence-electron chi connectivity index (χ1n) is 4.94. The molecule has 15 heavy (non-hydrogen) atoms. The Hall–Kier alpha value is -1.20. The van der Waals surface area contributed by atoms with Crippen LogP contribution in [0.1, 0.15) is 17.6 Å². The van der Waals surface area contributed by atoms with Gasteiger partial charge in [-0.2, -0.15) is 5.10 Å². The molecule has 0 saturated heterocycles. The molecule has 4 nitrogen and oxygen atoms in total. The largest absolute Gasteiger partial charge is 0.325 e. The lowest BCUT2D eigenvalue weighted by Crippen LogP contribution is -1.98. The van der Waals surface area contributed by atoms with Gasteiger partial charge in [-0.3, -0.25) is 4.68 Å². The molecule has 0 fully saturated rings. The first kappa shape index (κ1) is 10.3. The van der Waals surface area contributed by atoms with Crippen LogP contribution in [0.3, 0.4) is 0 Å². The second kappa shape index (κ2) is 4.12. The van der Waals surface area contributed by atoms with Crippen molar-refractivity contribution in [2.24, 2.45) is 5.73 Å². The highest BCUT2D eigenvalue weighted by Gasteiger charge is 2.08. The fraction of sp³-hybridized carbons (Fsp3) is 0.400. The molecule has 0 amide bonds. The van der Waals surface area contributed by atoms with E-state index in [1.165, 1.54) is 0 Å². The van der Waals surface area contributed by atoms with Gasteiger partial charge >= 0.3 is 0 Å². The Labute approximate surface area is 92.8 Å². The van der Waals surface area contributed by atoms with E-state index in [2.05, 4.69) is 30.0 Å². The van der Waals surface area contributed by atoms with Gasteiger partial charge in [-0.25, -0.2) is 4.98 Å². The second-order valence-electron chi connectivity index (χ2n) is 3.32. The molecule has 0 spiro atoms. The van der Waals surface area contributed by atoms with Crippen LogP contribution in [0, 0.1) is 6.92 Å². The normalized spacial score (nSPS) is 10.9. The minimum Gasteiger partial charge on any atom is -0.325 e. The van der Waals surface area contributed by atoms with Crippen LogP contribution < -0.4 is 5.73 Å². The van der Waals surface area contributed by atoms with Crippen molar-refractivity contribution in [3.05, 3.63) is 22.1 Å². The number of hydrogen-bond donors (Lipinski definition) is 1. The summed E-state index contributed by atoms with van der Waals surface area (Å²) >= 11 is 1.58. The number of thiazole rings is 1. The Bertz CT molecular complexity index is 458. The Balaban J connectivity index is 2.36. The SMILES string of the molecule is CCn1nc(-c2csc(CN)n2)cc1C. The maximum absolute atomic E-state index is 5.52. The quantitative estimate of drug-likeness (QED) is 0.861. The summed E-state index contributed by atoms with van der Waals surface area (Å²) in [5.41, 5.74) is 8.55. The van der Waals surface area contributed by atoms with Crippen LogP contribution in [0.2, 0.25) is 0 Å². The summed E-state index contributed by atoms with van der Waals surface area (Å²) in [6.07, 6.45) is 0. The van der Waals surface area contributed by atoms with Gasteiger partial charge in [0.1, 0.15) is 16.4 Å². The van der Waals surface area contributed by atoms with Crippen LogP contribution >= 0.6 is 11.3 Å². The standard InChI is InChI=1S/C10H14N4S/c1-3-14-7(2)4-8(13-14)9-6-15-10(5-11)12-9/h4,6H,3,5,11H2,1-2H3. The third kappa shape index (κ3) is 1.93. The zero-order valence-electron chi connectivity index (χ0n) is 8.90. The summed E-state index contributed by atoms with van der Waals surface area (Å²) in [5.74, 6) is 0. The fourth-order valence-electron chi connectivity index (χ4n) is 1.48. The van der Waals surface area contributed by atoms with Gasteiger partial charge in [0.2, 0.25) is 0 Å². The first-order chi connectivity index (χ1) is 7.24. The van der Waals surface area contributed by atoms with Crippen LogP contribution in [0.25, 0.3) is 11.4 Å². The average molecular weight is 222 g/mol. The van der Waals surface area contributed by atoms with Crippen LogP contribution in [0.15, 0.2) is 11.4 Å². The molecule has 5 heteroatoms. The van der Waals surface area contributed by atoms with E-state index in [9.17, 15) is 0 Å². The lowest BCUT2D eigenvalue weighted by molar-refractivity contribution is 0.641. The molecule has 0 aliphatic carbocycles. The predicted molar refractivity (Wildman–Crippen MR) is 61.6 cm³/mol. The van der Waals surface area contributed by atoms with E-state index in [1.807, 2.05) is 10.1 Å². The predicted octanol–water partition coefficient (Wildman–Crippen LogP) is 1.79. The Morgan fingerprint density at radius 2 is 2.27 bits per heavy atom. The van der Waals surface area contributed by atoms with Crippen molar-refractivity contribution in [2.75, 3.05) is 0 Å². The van der Waals surface area contributed by atoms with Crippen molar-refractivity contribution in [3.8, 4) is 11.4 Å². The highest BCUT2D eigenvalue weighted by Crippen LogP contribution is 2.21. The van der Waals surface area contributed by atoms with Gasteiger partial charge in [0.25, 0.3) is 0 Å². The number of nitrogens with two attached hydrogens (primary N) is 1.